The molecule has 1 aliphatic heterocycles. The number of amides is 1. The van der Waals surface area contributed by atoms with E-state index in [1.54, 1.807) is 0 Å². The van der Waals surface area contributed by atoms with Crippen LogP contribution in [0, 0.1) is 0 Å². The summed E-state index contributed by atoms with van der Waals surface area (Å²) in [5.74, 6) is 0. The normalized spacial score (nSPS) is 22.1. The largest absolute Gasteiger partial charge is 0.445 e. The smallest absolute Gasteiger partial charge is 0.410 e. The molecule has 2 unspecified atom stereocenters. The zero-order valence-electron chi connectivity index (χ0n) is 12.2. The fraction of sp³-hybridized carbons (Fsp3) is 0.533. The number of ether oxygens (including phenoxy) is 2. The minimum absolute atomic E-state index is 0.223. The first-order valence-electron chi connectivity index (χ1n) is 7.19. The van der Waals surface area contributed by atoms with Crippen LogP contribution in [0.1, 0.15) is 12.5 Å². The molecule has 0 radical (unpaired) electrons. The third kappa shape index (κ3) is 4.42. The molecule has 1 aromatic rings. The molecular weight excluding hydrogens is 272 g/mol. The molecule has 0 saturated carbocycles. The fourth-order valence-electron chi connectivity index (χ4n) is 2.25. The summed E-state index contributed by atoms with van der Waals surface area (Å²) >= 11 is 0. The highest BCUT2D eigenvalue weighted by Gasteiger charge is 2.34. The second-order valence-corrected chi connectivity index (χ2v) is 4.86. The van der Waals surface area contributed by atoms with Crippen LogP contribution in [-0.2, 0) is 16.1 Å². The van der Waals surface area contributed by atoms with E-state index in [1.807, 2.05) is 37.3 Å². The van der Waals surface area contributed by atoms with Gasteiger partial charge in [-0.3, -0.25) is 10.2 Å². The lowest BCUT2D eigenvalue weighted by Crippen LogP contribution is -2.61. The monoisotopic (exact) mass is 294 g/mol. The summed E-state index contributed by atoms with van der Waals surface area (Å²) in [7, 11) is 0. The van der Waals surface area contributed by atoms with Crippen molar-refractivity contribution in [1.29, 1.82) is 0 Å². The fourth-order valence-corrected chi connectivity index (χ4v) is 2.25. The van der Waals surface area contributed by atoms with Crippen LogP contribution in [0.3, 0.4) is 0 Å². The van der Waals surface area contributed by atoms with Crippen LogP contribution in [0.4, 0.5) is 4.79 Å². The highest BCUT2D eigenvalue weighted by atomic mass is 16.6. The standard InChI is InChI=1S/C15H22N2O4/c1-2-20-11-13-14(18)16-8-9-17(13)15(19)21-10-12-6-4-3-5-7-12/h3-7,13-14,16,18H,2,8-11H2,1H3. The van der Waals surface area contributed by atoms with Crippen LogP contribution in [0.25, 0.3) is 0 Å². The van der Waals surface area contributed by atoms with Gasteiger partial charge < -0.3 is 14.6 Å². The minimum atomic E-state index is -0.797. The van der Waals surface area contributed by atoms with Gasteiger partial charge in [-0.25, -0.2) is 4.79 Å². The van der Waals surface area contributed by atoms with E-state index in [0.717, 1.165) is 5.56 Å². The van der Waals surface area contributed by atoms with E-state index in [1.165, 1.54) is 4.90 Å². The number of hydrogen-bond acceptors (Lipinski definition) is 5. The number of rotatable bonds is 5. The lowest BCUT2D eigenvalue weighted by Gasteiger charge is -2.38. The average molecular weight is 294 g/mol. The maximum Gasteiger partial charge on any atom is 0.410 e. The number of carbonyl (C=O) groups excluding carboxylic acids is 1. The first kappa shape index (κ1) is 15.8. The summed E-state index contributed by atoms with van der Waals surface area (Å²) in [6, 6.07) is 9.08. The van der Waals surface area contributed by atoms with Gasteiger partial charge in [-0.05, 0) is 12.5 Å². The zero-order chi connectivity index (χ0) is 15.1. The van der Waals surface area contributed by atoms with E-state index in [0.29, 0.717) is 19.7 Å². The quantitative estimate of drug-likeness (QED) is 0.846. The van der Waals surface area contributed by atoms with Gasteiger partial charge in [0.15, 0.2) is 0 Å². The van der Waals surface area contributed by atoms with Crippen molar-refractivity contribution in [2.75, 3.05) is 26.3 Å². The van der Waals surface area contributed by atoms with Crippen LogP contribution in [-0.4, -0.2) is 54.7 Å². The van der Waals surface area contributed by atoms with Crippen LogP contribution >= 0.6 is 0 Å². The lowest BCUT2D eigenvalue weighted by molar-refractivity contribution is -0.0416. The number of piperazine rings is 1. The van der Waals surface area contributed by atoms with E-state index < -0.39 is 18.4 Å². The van der Waals surface area contributed by atoms with Crippen LogP contribution in [0.15, 0.2) is 30.3 Å². The molecule has 21 heavy (non-hydrogen) atoms. The van der Waals surface area contributed by atoms with Crippen LogP contribution in [0.2, 0.25) is 0 Å². The van der Waals surface area contributed by atoms with E-state index in [2.05, 4.69) is 5.32 Å². The molecular formula is C15H22N2O4. The van der Waals surface area contributed by atoms with Gasteiger partial charge in [0.1, 0.15) is 12.8 Å². The van der Waals surface area contributed by atoms with Gasteiger partial charge in [0.2, 0.25) is 0 Å². The van der Waals surface area contributed by atoms with Gasteiger partial charge in [0.25, 0.3) is 0 Å². The molecule has 1 heterocycles. The summed E-state index contributed by atoms with van der Waals surface area (Å²) in [6.07, 6.45) is -1.22. The highest BCUT2D eigenvalue weighted by Crippen LogP contribution is 2.12. The predicted molar refractivity (Wildman–Crippen MR) is 77.6 cm³/mol. The molecule has 0 aromatic heterocycles. The molecule has 0 spiro atoms. The summed E-state index contributed by atoms with van der Waals surface area (Å²) in [5.41, 5.74) is 0.933. The molecule has 116 valence electrons. The Labute approximate surface area is 124 Å². The maximum atomic E-state index is 12.2. The number of hydrogen-bond donors (Lipinski definition) is 2. The van der Waals surface area contributed by atoms with Gasteiger partial charge in [-0.2, -0.15) is 0 Å². The molecule has 1 aromatic carbocycles. The Balaban J connectivity index is 1.92. The van der Waals surface area contributed by atoms with Crippen molar-refractivity contribution >= 4 is 6.09 Å². The Morgan fingerprint density at radius 1 is 1.43 bits per heavy atom. The summed E-state index contributed by atoms with van der Waals surface area (Å²) in [4.78, 5) is 13.7. The maximum absolute atomic E-state index is 12.2. The molecule has 1 fully saturated rings. The van der Waals surface area contributed by atoms with Gasteiger partial charge in [-0.1, -0.05) is 30.3 Å². The van der Waals surface area contributed by atoms with E-state index in [-0.39, 0.29) is 13.2 Å². The van der Waals surface area contributed by atoms with Crippen molar-refractivity contribution in [2.24, 2.45) is 0 Å². The first-order valence-corrected chi connectivity index (χ1v) is 7.19. The Hall–Kier alpha value is -1.63. The summed E-state index contributed by atoms with van der Waals surface area (Å²) in [5, 5.41) is 12.9. The lowest BCUT2D eigenvalue weighted by atomic mass is 10.2. The Morgan fingerprint density at radius 2 is 2.19 bits per heavy atom. The number of benzene rings is 1. The Bertz CT molecular complexity index is 441. The van der Waals surface area contributed by atoms with Crippen LogP contribution < -0.4 is 5.32 Å². The number of nitrogens with one attached hydrogen (secondary N) is 1. The highest BCUT2D eigenvalue weighted by molar-refractivity contribution is 5.68. The first-order chi connectivity index (χ1) is 10.2. The molecule has 6 nitrogen and oxygen atoms in total. The number of nitrogens with zero attached hydrogens (tertiary/aromatic N) is 1. The van der Waals surface area contributed by atoms with Crippen molar-refractivity contribution in [2.45, 2.75) is 25.8 Å². The van der Waals surface area contributed by atoms with Crippen molar-refractivity contribution in [1.82, 2.24) is 10.2 Å². The van der Waals surface area contributed by atoms with Crippen molar-refractivity contribution < 1.29 is 19.4 Å². The van der Waals surface area contributed by atoms with Gasteiger partial charge in [-0.15, -0.1) is 0 Å². The molecule has 0 bridgehead atoms. The topological polar surface area (TPSA) is 71.0 Å². The SMILES string of the molecule is CCOCC1C(O)NCCN1C(=O)OCc1ccccc1. The van der Waals surface area contributed by atoms with E-state index in [9.17, 15) is 9.90 Å². The van der Waals surface area contributed by atoms with Crippen molar-refractivity contribution in [3.8, 4) is 0 Å². The van der Waals surface area contributed by atoms with E-state index >= 15 is 0 Å². The molecule has 6 heteroatoms. The number of carbonyl (C=O) groups is 1. The molecule has 1 amide bonds. The molecule has 0 aliphatic carbocycles. The zero-order valence-corrected chi connectivity index (χ0v) is 12.2. The summed E-state index contributed by atoms with van der Waals surface area (Å²) in [6.45, 7) is 3.94. The average Bonchev–Trinajstić information content (AvgIpc) is 2.52. The molecule has 2 atom stereocenters. The third-order valence-corrected chi connectivity index (χ3v) is 3.40. The molecule has 1 saturated heterocycles. The second-order valence-electron chi connectivity index (χ2n) is 4.86. The summed E-state index contributed by atoms with van der Waals surface area (Å²) < 4.78 is 10.7. The second kappa shape index (κ2) is 7.97. The Morgan fingerprint density at radius 3 is 2.90 bits per heavy atom. The van der Waals surface area contributed by atoms with Crippen LogP contribution in [0.5, 0.6) is 0 Å². The van der Waals surface area contributed by atoms with Gasteiger partial charge in [0, 0.05) is 19.7 Å². The number of aliphatic hydroxyl groups excluding tert-OH is 1. The third-order valence-electron chi connectivity index (χ3n) is 3.40. The number of aliphatic hydroxyl groups is 1. The van der Waals surface area contributed by atoms with E-state index in [4.69, 9.17) is 9.47 Å². The molecule has 2 N–H and O–H groups in total. The van der Waals surface area contributed by atoms with Crippen molar-refractivity contribution in [3.05, 3.63) is 35.9 Å². The minimum Gasteiger partial charge on any atom is -0.445 e. The predicted octanol–water partition coefficient (Wildman–Crippen LogP) is 0.952. The Kier molecular flexibility index (Phi) is 5.98. The van der Waals surface area contributed by atoms with Crippen molar-refractivity contribution in [3.63, 3.8) is 0 Å². The van der Waals surface area contributed by atoms with Gasteiger partial charge in [0.05, 0.1) is 12.6 Å². The molecule has 1 aliphatic rings. The van der Waals surface area contributed by atoms with Gasteiger partial charge >= 0.3 is 6.09 Å². The molecule has 2 rings (SSSR count).